The van der Waals surface area contributed by atoms with Gasteiger partial charge in [0, 0.05) is 13.1 Å². The van der Waals surface area contributed by atoms with Crippen LogP contribution in [0.4, 0.5) is 0 Å². The van der Waals surface area contributed by atoms with Crippen molar-refractivity contribution in [2.45, 2.75) is 13.0 Å². The Labute approximate surface area is 122 Å². The number of nitrogens with zero attached hydrogens (tertiary/aromatic N) is 1. The van der Waals surface area contributed by atoms with E-state index in [1.54, 1.807) is 25.1 Å². The maximum atomic E-state index is 12.1. The molecule has 3 N–H and O–H groups in total. The molecule has 1 aliphatic rings. The lowest BCUT2D eigenvalue weighted by Gasteiger charge is -2.32. The lowest BCUT2D eigenvalue weighted by atomic mass is 10.2. The van der Waals surface area contributed by atoms with E-state index < -0.39 is 11.9 Å². The van der Waals surface area contributed by atoms with Gasteiger partial charge in [0.15, 0.2) is 6.61 Å². The van der Waals surface area contributed by atoms with Crippen LogP contribution in [0.2, 0.25) is 0 Å². The number of amides is 3. The van der Waals surface area contributed by atoms with Crippen LogP contribution in [-0.2, 0) is 9.59 Å². The van der Waals surface area contributed by atoms with Crippen LogP contribution in [0.3, 0.4) is 0 Å². The molecule has 0 saturated carbocycles. The third kappa shape index (κ3) is 3.31. The molecule has 1 heterocycles. The normalized spacial score (nSPS) is 18.0. The van der Waals surface area contributed by atoms with E-state index in [1.165, 1.54) is 11.0 Å². The molecule has 0 bridgehead atoms. The van der Waals surface area contributed by atoms with Crippen LogP contribution in [0.1, 0.15) is 17.3 Å². The van der Waals surface area contributed by atoms with Gasteiger partial charge in [-0.1, -0.05) is 12.1 Å². The minimum absolute atomic E-state index is 0.188. The zero-order chi connectivity index (χ0) is 15.4. The molecule has 1 atom stereocenters. The molecule has 112 valence electrons. The number of para-hydroxylation sites is 1. The van der Waals surface area contributed by atoms with Gasteiger partial charge in [-0.15, -0.1) is 0 Å². The maximum absolute atomic E-state index is 12.1. The predicted octanol–water partition coefficient (Wildman–Crippen LogP) is -0.489. The first-order valence-corrected chi connectivity index (χ1v) is 6.59. The van der Waals surface area contributed by atoms with E-state index in [9.17, 15) is 14.4 Å². The first kappa shape index (κ1) is 14.8. The Balaban J connectivity index is 2.01. The maximum Gasteiger partial charge on any atom is 0.261 e. The molecule has 3 amide bonds. The summed E-state index contributed by atoms with van der Waals surface area (Å²) in [5.41, 5.74) is 5.45. The summed E-state index contributed by atoms with van der Waals surface area (Å²) in [6.45, 7) is 2.27. The van der Waals surface area contributed by atoms with Crippen LogP contribution >= 0.6 is 0 Å². The topological polar surface area (TPSA) is 102 Å². The fourth-order valence-corrected chi connectivity index (χ4v) is 2.14. The molecule has 0 spiro atoms. The number of primary amides is 1. The molecule has 1 saturated heterocycles. The van der Waals surface area contributed by atoms with Gasteiger partial charge in [0.2, 0.25) is 5.91 Å². The molecule has 7 nitrogen and oxygen atoms in total. The monoisotopic (exact) mass is 291 g/mol. The van der Waals surface area contributed by atoms with E-state index >= 15 is 0 Å². The highest BCUT2D eigenvalue weighted by Gasteiger charge is 2.29. The highest BCUT2D eigenvalue weighted by molar-refractivity contribution is 5.95. The summed E-state index contributed by atoms with van der Waals surface area (Å²) in [5, 5.41) is 2.68. The lowest BCUT2D eigenvalue weighted by Crippen LogP contribution is -2.56. The van der Waals surface area contributed by atoms with Crippen LogP contribution in [0, 0.1) is 0 Å². The molecule has 2 rings (SSSR count). The Hall–Kier alpha value is -2.57. The molecular weight excluding hydrogens is 274 g/mol. The fourth-order valence-electron chi connectivity index (χ4n) is 2.14. The van der Waals surface area contributed by atoms with Gasteiger partial charge in [-0.3, -0.25) is 14.4 Å². The van der Waals surface area contributed by atoms with Crippen molar-refractivity contribution in [1.82, 2.24) is 10.2 Å². The predicted molar refractivity (Wildman–Crippen MR) is 74.6 cm³/mol. The molecule has 1 aliphatic heterocycles. The second-order valence-electron chi connectivity index (χ2n) is 4.70. The van der Waals surface area contributed by atoms with Gasteiger partial charge < -0.3 is 20.7 Å². The summed E-state index contributed by atoms with van der Waals surface area (Å²) >= 11 is 0. The first-order valence-electron chi connectivity index (χ1n) is 6.59. The van der Waals surface area contributed by atoms with Gasteiger partial charge in [-0.2, -0.15) is 0 Å². The van der Waals surface area contributed by atoms with E-state index in [0.717, 1.165) is 0 Å². The number of carbonyl (C=O) groups is 3. The Bertz CT molecular complexity index is 573. The van der Waals surface area contributed by atoms with Crippen molar-refractivity contribution in [3.8, 4) is 5.75 Å². The van der Waals surface area contributed by atoms with Crippen molar-refractivity contribution in [1.29, 1.82) is 0 Å². The molecule has 0 aliphatic carbocycles. The van der Waals surface area contributed by atoms with Crippen molar-refractivity contribution in [3.05, 3.63) is 29.8 Å². The Morgan fingerprint density at radius 1 is 1.43 bits per heavy atom. The number of benzene rings is 1. The van der Waals surface area contributed by atoms with E-state index in [2.05, 4.69) is 5.32 Å². The highest BCUT2D eigenvalue weighted by Crippen LogP contribution is 2.17. The van der Waals surface area contributed by atoms with E-state index in [4.69, 9.17) is 10.5 Å². The van der Waals surface area contributed by atoms with Crippen LogP contribution in [-0.4, -0.2) is 48.4 Å². The summed E-state index contributed by atoms with van der Waals surface area (Å²) in [7, 11) is 0. The highest BCUT2D eigenvalue weighted by atomic mass is 16.5. The molecule has 1 aromatic rings. The molecule has 7 heteroatoms. The van der Waals surface area contributed by atoms with E-state index in [-0.39, 0.29) is 29.7 Å². The van der Waals surface area contributed by atoms with Crippen molar-refractivity contribution in [2.24, 2.45) is 5.73 Å². The van der Waals surface area contributed by atoms with Crippen LogP contribution in [0.15, 0.2) is 24.3 Å². The summed E-state index contributed by atoms with van der Waals surface area (Å²) in [6, 6.07) is 5.91. The van der Waals surface area contributed by atoms with Crippen LogP contribution in [0.5, 0.6) is 5.75 Å². The second kappa shape index (κ2) is 6.25. The molecule has 0 aromatic heterocycles. The van der Waals surface area contributed by atoms with Gasteiger partial charge in [0.1, 0.15) is 11.8 Å². The summed E-state index contributed by atoms with van der Waals surface area (Å²) < 4.78 is 5.37. The Morgan fingerprint density at radius 2 is 2.14 bits per heavy atom. The smallest absolute Gasteiger partial charge is 0.261 e. The summed E-state index contributed by atoms with van der Waals surface area (Å²) in [5.74, 6) is -0.861. The average molecular weight is 291 g/mol. The molecule has 0 radical (unpaired) electrons. The van der Waals surface area contributed by atoms with Crippen molar-refractivity contribution in [3.63, 3.8) is 0 Å². The molecule has 1 aromatic carbocycles. The van der Waals surface area contributed by atoms with Crippen molar-refractivity contribution < 1.29 is 19.1 Å². The molecule has 1 fully saturated rings. The van der Waals surface area contributed by atoms with Gasteiger partial charge >= 0.3 is 0 Å². The van der Waals surface area contributed by atoms with Gasteiger partial charge in [0.25, 0.3) is 11.8 Å². The van der Waals surface area contributed by atoms with Gasteiger partial charge in [-0.05, 0) is 19.1 Å². The number of rotatable bonds is 4. The standard InChI is InChI=1S/C14H17N3O4/c1-9-14(20)16-6-7-17(9)12(18)8-21-11-5-3-2-4-10(11)13(15)19/h2-5,9H,6-8H2,1H3,(H2,15,19)(H,16,20). The number of carbonyl (C=O) groups excluding carboxylic acids is 3. The van der Waals surface area contributed by atoms with Crippen molar-refractivity contribution >= 4 is 17.7 Å². The van der Waals surface area contributed by atoms with Crippen LogP contribution in [0.25, 0.3) is 0 Å². The van der Waals surface area contributed by atoms with E-state index in [0.29, 0.717) is 13.1 Å². The molecule has 21 heavy (non-hydrogen) atoms. The first-order chi connectivity index (χ1) is 10.0. The minimum atomic E-state index is -0.622. The van der Waals surface area contributed by atoms with Crippen LogP contribution < -0.4 is 15.8 Å². The number of ether oxygens (including phenoxy) is 1. The number of nitrogens with one attached hydrogen (secondary N) is 1. The van der Waals surface area contributed by atoms with Gasteiger partial charge in [0.05, 0.1) is 5.56 Å². The molecular formula is C14H17N3O4. The largest absolute Gasteiger partial charge is 0.483 e. The zero-order valence-electron chi connectivity index (χ0n) is 11.7. The van der Waals surface area contributed by atoms with Gasteiger partial charge in [-0.25, -0.2) is 0 Å². The number of hydrogen-bond donors (Lipinski definition) is 2. The number of piperazine rings is 1. The summed E-state index contributed by atoms with van der Waals surface area (Å²) in [4.78, 5) is 36.3. The van der Waals surface area contributed by atoms with Crippen molar-refractivity contribution in [2.75, 3.05) is 19.7 Å². The fraction of sp³-hybridized carbons (Fsp3) is 0.357. The third-order valence-corrected chi connectivity index (χ3v) is 3.32. The SMILES string of the molecule is CC1C(=O)NCCN1C(=O)COc1ccccc1C(N)=O. The quantitative estimate of drug-likeness (QED) is 0.781. The lowest BCUT2D eigenvalue weighted by molar-refractivity contribution is -0.143. The second-order valence-corrected chi connectivity index (χ2v) is 4.70. The number of nitrogens with two attached hydrogens (primary N) is 1. The minimum Gasteiger partial charge on any atom is -0.483 e. The zero-order valence-corrected chi connectivity index (χ0v) is 11.7. The summed E-state index contributed by atoms with van der Waals surface area (Å²) in [6.07, 6.45) is 0. The average Bonchev–Trinajstić information content (AvgIpc) is 2.47. The Morgan fingerprint density at radius 3 is 2.86 bits per heavy atom. The third-order valence-electron chi connectivity index (χ3n) is 3.32. The number of hydrogen-bond acceptors (Lipinski definition) is 4. The molecule has 1 unspecified atom stereocenters. The van der Waals surface area contributed by atoms with E-state index in [1.807, 2.05) is 0 Å². The Kier molecular flexibility index (Phi) is 4.42.